The van der Waals surface area contributed by atoms with Crippen LogP contribution in [0.1, 0.15) is 22.2 Å². The summed E-state index contributed by atoms with van der Waals surface area (Å²) in [6, 6.07) is 18.6. The Morgan fingerprint density at radius 3 is 2.48 bits per heavy atom. The van der Waals surface area contributed by atoms with Crippen molar-refractivity contribution in [2.45, 2.75) is 13.5 Å². The van der Waals surface area contributed by atoms with Crippen molar-refractivity contribution in [3.05, 3.63) is 81.5 Å². The fraction of sp³-hybridized carbons (Fsp3) is 0.150. The van der Waals surface area contributed by atoms with Gasteiger partial charge in [-0.3, -0.25) is 4.79 Å². The average Bonchev–Trinajstić information content (AvgIpc) is 3.14. The van der Waals surface area contributed by atoms with Crippen LogP contribution in [0.25, 0.3) is 0 Å². The van der Waals surface area contributed by atoms with E-state index in [1.54, 1.807) is 34.4 Å². The van der Waals surface area contributed by atoms with Gasteiger partial charge in [-0.2, -0.15) is 0 Å². The number of thiophene rings is 1. The van der Waals surface area contributed by atoms with E-state index < -0.39 is 0 Å². The Morgan fingerprint density at radius 2 is 1.84 bits per heavy atom. The van der Waals surface area contributed by atoms with Crippen molar-refractivity contribution in [2.24, 2.45) is 0 Å². The van der Waals surface area contributed by atoms with Gasteiger partial charge in [-0.1, -0.05) is 29.8 Å². The van der Waals surface area contributed by atoms with Gasteiger partial charge >= 0.3 is 0 Å². The van der Waals surface area contributed by atoms with Crippen LogP contribution in [0.3, 0.4) is 0 Å². The van der Waals surface area contributed by atoms with Crippen molar-refractivity contribution < 1.29 is 9.53 Å². The Morgan fingerprint density at radius 1 is 1.08 bits per heavy atom. The zero-order valence-corrected chi connectivity index (χ0v) is 15.4. The van der Waals surface area contributed by atoms with Crippen LogP contribution >= 0.6 is 22.9 Å². The van der Waals surface area contributed by atoms with Crippen molar-refractivity contribution in [3.63, 3.8) is 0 Å². The van der Waals surface area contributed by atoms with E-state index in [2.05, 4.69) is 0 Å². The number of carbonyl (C=O) groups is 1. The minimum atomic E-state index is -0.0930. The van der Waals surface area contributed by atoms with Crippen LogP contribution in [0.2, 0.25) is 5.02 Å². The number of nitrogens with zero attached hydrogens (tertiary/aromatic N) is 1. The van der Waals surface area contributed by atoms with Gasteiger partial charge in [0.15, 0.2) is 0 Å². The molecule has 0 bridgehead atoms. The first-order valence-corrected chi connectivity index (χ1v) is 9.26. The molecule has 0 fully saturated rings. The summed E-state index contributed by atoms with van der Waals surface area (Å²) in [7, 11) is 0. The Kier molecular flexibility index (Phi) is 5.74. The Bertz CT molecular complexity index is 831. The monoisotopic (exact) mass is 371 g/mol. The summed E-state index contributed by atoms with van der Waals surface area (Å²) in [6.45, 7) is 3.00. The molecule has 3 rings (SSSR count). The zero-order chi connectivity index (χ0) is 17.6. The highest BCUT2D eigenvalue weighted by molar-refractivity contribution is 7.09. The predicted octanol–water partition coefficient (Wildman–Crippen LogP) is 5.65. The molecule has 128 valence electrons. The lowest BCUT2D eigenvalue weighted by molar-refractivity contribution is 0.0985. The van der Waals surface area contributed by atoms with Crippen LogP contribution in [0.5, 0.6) is 5.75 Å². The average molecular weight is 372 g/mol. The smallest absolute Gasteiger partial charge is 0.258 e. The van der Waals surface area contributed by atoms with Gasteiger partial charge in [-0.25, -0.2) is 0 Å². The van der Waals surface area contributed by atoms with Crippen LogP contribution < -0.4 is 9.64 Å². The first-order valence-electron chi connectivity index (χ1n) is 8.00. The largest absolute Gasteiger partial charge is 0.494 e. The fourth-order valence-electron chi connectivity index (χ4n) is 2.51. The lowest BCUT2D eigenvalue weighted by Crippen LogP contribution is -2.30. The molecule has 1 amide bonds. The van der Waals surface area contributed by atoms with E-state index in [-0.39, 0.29) is 5.91 Å². The maximum Gasteiger partial charge on any atom is 0.258 e. The number of halogens is 1. The molecule has 0 aliphatic heterocycles. The molecule has 0 aliphatic rings. The van der Waals surface area contributed by atoms with Crippen LogP contribution in [0, 0.1) is 0 Å². The number of hydrogen-bond donors (Lipinski definition) is 0. The molecule has 0 aliphatic carbocycles. The molecular weight excluding hydrogens is 354 g/mol. The number of carbonyl (C=O) groups excluding carboxylic acids is 1. The predicted molar refractivity (Wildman–Crippen MR) is 104 cm³/mol. The molecule has 0 N–H and O–H groups in total. The third kappa shape index (κ3) is 4.21. The number of hydrogen-bond acceptors (Lipinski definition) is 3. The van der Waals surface area contributed by atoms with Crippen LogP contribution in [0.4, 0.5) is 5.69 Å². The SMILES string of the molecule is CCOc1ccc(C(=O)N(Cc2cccs2)c2ccccc2Cl)cc1. The second kappa shape index (κ2) is 8.19. The molecule has 5 heteroatoms. The molecule has 2 aromatic carbocycles. The quantitative estimate of drug-likeness (QED) is 0.560. The molecule has 0 spiro atoms. The van der Waals surface area contributed by atoms with Gasteiger partial charge in [-0.15, -0.1) is 11.3 Å². The molecule has 1 heterocycles. The molecule has 0 radical (unpaired) electrons. The number of benzene rings is 2. The normalized spacial score (nSPS) is 10.5. The van der Waals surface area contributed by atoms with Crippen LogP contribution in [0.15, 0.2) is 66.0 Å². The lowest BCUT2D eigenvalue weighted by Gasteiger charge is -2.23. The number of amides is 1. The van der Waals surface area contributed by atoms with Gasteiger partial charge in [0, 0.05) is 10.4 Å². The summed E-state index contributed by atoms with van der Waals surface area (Å²) >= 11 is 7.96. The number of ether oxygens (including phenoxy) is 1. The van der Waals surface area contributed by atoms with Crippen LogP contribution in [-0.4, -0.2) is 12.5 Å². The van der Waals surface area contributed by atoms with Gasteiger partial charge < -0.3 is 9.64 Å². The minimum Gasteiger partial charge on any atom is -0.494 e. The van der Waals surface area contributed by atoms with E-state index in [0.29, 0.717) is 29.4 Å². The molecule has 0 atom stereocenters. The highest BCUT2D eigenvalue weighted by atomic mass is 35.5. The number of anilines is 1. The van der Waals surface area contributed by atoms with E-state index in [1.165, 1.54) is 0 Å². The first kappa shape index (κ1) is 17.5. The number of para-hydroxylation sites is 1. The Hall–Kier alpha value is -2.30. The fourth-order valence-corrected chi connectivity index (χ4v) is 3.44. The highest BCUT2D eigenvalue weighted by Gasteiger charge is 2.20. The van der Waals surface area contributed by atoms with E-state index in [1.807, 2.05) is 54.8 Å². The first-order chi connectivity index (χ1) is 12.2. The minimum absolute atomic E-state index is 0.0930. The zero-order valence-electron chi connectivity index (χ0n) is 13.8. The van der Waals surface area contributed by atoms with Crippen molar-refractivity contribution in [2.75, 3.05) is 11.5 Å². The highest BCUT2D eigenvalue weighted by Crippen LogP contribution is 2.29. The Balaban J connectivity index is 1.93. The summed E-state index contributed by atoms with van der Waals surface area (Å²) in [6.07, 6.45) is 0. The van der Waals surface area contributed by atoms with Crippen molar-refractivity contribution in [1.82, 2.24) is 0 Å². The molecule has 25 heavy (non-hydrogen) atoms. The molecule has 1 aromatic heterocycles. The lowest BCUT2D eigenvalue weighted by atomic mass is 10.1. The maximum absolute atomic E-state index is 13.1. The second-order valence-corrected chi connectivity index (χ2v) is 6.82. The summed E-state index contributed by atoms with van der Waals surface area (Å²) in [4.78, 5) is 15.9. The molecule has 3 nitrogen and oxygen atoms in total. The van der Waals surface area contributed by atoms with Crippen LogP contribution in [-0.2, 0) is 6.54 Å². The maximum atomic E-state index is 13.1. The van der Waals surface area contributed by atoms with Gasteiger partial charge in [0.05, 0.1) is 23.9 Å². The molecular formula is C20H18ClNO2S. The second-order valence-electron chi connectivity index (χ2n) is 5.38. The Labute approximate surface area is 156 Å². The van der Waals surface area contributed by atoms with Gasteiger partial charge in [0.2, 0.25) is 0 Å². The third-order valence-electron chi connectivity index (χ3n) is 3.69. The molecule has 3 aromatic rings. The standard InChI is InChI=1S/C20H18ClNO2S/c1-2-24-16-11-9-15(10-12-16)20(23)22(14-17-6-5-13-25-17)19-8-4-3-7-18(19)21/h3-13H,2,14H2,1H3. The van der Waals surface area contributed by atoms with Gasteiger partial charge in [0.1, 0.15) is 5.75 Å². The third-order valence-corrected chi connectivity index (χ3v) is 4.88. The summed E-state index contributed by atoms with van der Waals surface area (Å²) in [5, 5.41) is 2.56. The molecule has 0 saturated heterocycles. The van der Waals surface area contributed by atoms with Crippen molar-refractivity contribution >= 4 is 34.5 Å². The van der Waals surface area contributed by atoms with Crippen molar-refractivity contribution in [3.8, 4) is 5.75 Å². The summed E-state index contributed by atoms with van der Waals surface area (Å²) < 4.78 is 5.45. The van der Waals surface area contributed by atoms with Gasteiger partial charge in [0.25, 0.3) is 5.91 Å². The van der Waals surface area contributed by atoms with Crippen molar-refractivity contribution in [1.29, 1.82) is 0 Å². The van der Waals surface area contributed by atoms with Gasteiger partial charge in [-0.05, 0) is 54.8 Å². The van der Waals surface area contributed by atoms with E-state index in [4.69, 9.17) is 16.3 Å². The summed E-state index contributed by atoms with van der Waals surface area (Å²) in [5.74, 6) is 0.658. The van der Waals surface area contributed by atoms with E-state index in [9.17, 15) is 4.79 Å². The molecule has 0 unspecified atom stereocenters. The topological polar surface area (TPSA) is 29.5 Å². The van der Waals surface area contributed by atoms with E-state index >= 15 is 0 Å². The van der Waals surface area contributed by atoms with E-state index in [0.717, 1.165) is 10.6 Å². The molecule has 0 saturated carbocycles. The number of rotatable bonds is 6. The summed E-state index contributed by atoms with van der Waals surface area (Å²) in [5.41, 5.74) is 1.30.